The van der Waals surface area contributed by atoms with Crippen molar-refractivity contribution >= 4 is 0 Å². The topological polar surface area (TPSA) is 47.0 Å². The number of nitrogens with one attached hydrogen (secondary N) is 1. The first-order valence-corrected chi connectivity index (χ1v) is 6.28. The first-order chi connectivity index (χ1) is 8.18. The number of nitrogens with zero attached hydrogens (tertiary/aromatic N) is 2. The van der Waals surface area contributed by atoms with Gasteiger partial charge in [-0.05, 0) is 26.2 Å². The summed E-state index contributed by atoms with van der Waals surface area (Å²) in [5.41, 5.74) is 0.762. The predicted octanol–water partition coefficient (Wildman–Crippen LogP) is 2.00. The molecule has 0 saturated heterocycles. The van der Waals surface area contributed by atoms with Crippen molar-refractivity contribution in [2.45, 2.75) is 51.3 Å². The van der Waals surface area contributed by atoms with Gasteiger partial charge in [0.1, 0.15) is 5.60 Å². The normalized spacial score (nSPS) is 19.0. The van der Waals surface area contributed by atoms with E-state index in [1.165, 1.54) is 12.8 Å². The Kier molecular flexibility index (Phi) is 3.74. The van der Waals surface area contributed by atoms with E-state index in [2.05, 4.69) is 22.2 Å². The lowest BCUT2D eigenvalue weighted by Gasteiger charge is -2.24. The quantitative estimate of drug-likeness (QED) is 0.819. The number of aromatic nitrogens is 2. The molecular formula is C13H21N3O. The van der Waals surface area contributed by atoms with Gasteiger partial charge in [0.2, 0.25) is 0 Å². The van der Waals surface area contributed by atoms with Crippen molar-refractivity contribution in [3.05, 3.63) is 23.8 Å². The summed E-state index contributed by atoms with van der Waals surface area (Å²) < 4.78 is 5.48. The highest BCUT2D eigenvalue weighted by Crippen LogP contribution is 2.24. The van der Waals surface area contributed by atoms with Crippen LogP contribution < -0.4 is 5.32 Å². The van der Waals surface area contributed by atoms with E-state index in [9.17, 15) is 0 Å². The summed E-state index contributed by atoms with van der Waals surface area (Å²) in [6, 6.07) is 0.717. The molecule has 2 rings (SSSR count). The molecule has 1 N–H and O–H groups in total. The highest BCUT2D eigenvalue weighted by atomic mass is 16.5. The van der Waals surface area contributed by atoms with Gasteiger partial charge in [0, 0.05) is 37.7 Å². The van der Waals surface area contributed by atoms with Crippen molar-refractivity contribution < 1.29 is 4.74 Å². The zero-order valence-electron chi connectivity index (χ0n) is 10.9. The molecule has 1 aliphatic carbocycles. The highest BCUT2D eigenvalue weighted by molar-refractivity contribution is 5.09. The molecule has 0 aliphatic heterocycles. The average Bonchev–Trinajstić information content (AvgIpc) is 3.20. The van der Waals surface area contributed by atoms with Crippen LogP contribution in [0.2, 0.25) is 0 Å². The summed E-state index contributed by atoms with van der Waals surface area (Å²) in [4.78, 5) is 8.83. The van der Waals surface area contributed by atoms with Crippen LogP contribution in [-0.2, 0) is 16.9 Å². The van der Waals surface area contributed by atoms with Crippen molar-refractivity contribution in [1.29, 1.82) is 0 Å². The van der Waals surface area contributed by atoms with Gasteiger partial charge in [-0.25, -0.2) is 9.97 Å². The zero-order valence-corrected chi connectivity index (χ0v) is 10.9. The Morgan fingerprint density at radius 2 is 2.06 bits per heavy atom. The third-order valence-electron chi connectivity index (χ3n) is 3.48. The summed E-state index contributed by atoms with van der Waals surface area (Å²) in [7, 11) is 1.70. The van der Waals surface area contributed by atoms with Crippen molar-refractivity contribution in [2.24, 2.45) is 0 Å². The van der Waals surface area contributed by atoms with Gasteiger partial charge >= 0.3 is 0 Å². The van der Waals surface area contributed by atoms with E-state index in [1.807, 2.05) is 19.3 Å². The molecule has 1 aliphatic rings. The maximum atomic E-state index is 5.48. The molecule has 0 bridgehead atoms. The van der Waals surface area contributed by atoms with E-state index in [0.717, 1.165) is 30.4 Å². The van der Waals surface area contributed by atoms with E-state index in [0.29, 0.717) is 0 Å². The molecule has 1 fully saturated rings. The predicted molar refractivity (Wildman–Crippen MR) is 66.5 cm³/mol. The molecule has 0 amide bonds. The van der Waals surface area contributed by atoms with Crippen molar-refractivity contribution in [1.82, 2.24) is 15.3 Å². The first kappa shape index (κ1) is 12.5. The molecule has 0 spiro atoms. The van der Waals surface area contributed by atoms with Crippen molar-refractivity contribution in [2.75, 3.05) is 7.11 Å². The van der Waals surface area contributed by atoms with E-state index >= 15 is 0 Å². The van der Waals surface area contributed by atoms with Crippen LogP contribution in [0.25, 0.3) is 0 Å². The van der Waals surface area contributed by atoms with Crippen molar-refractivity contribution in [3.63, 3.8) is 0 Å². The molecule has 1 aromatic rings. The van der Waals surface area contributed by atoms with Gasteiger partial charge in [-0.15, -0.1) is 0 Å². The summed E-state index contributed by atoms with van der Waals surface area (Å²) in [6.45, 7) is 4.96. The second kappa shape index (κ2) is 5.10. The molecule has 1 unspecified atom stereocenters. The summed E-state index contributed by atoms with van der Waals surface area (Å²) in [5, 5.41) is 3.45. The van der Waals surface area contributed by atoms with E-state index < -0.39 is 0 Å². The van der Waals surface area contributed by atoms with E-state index in [4.69, 9.17) is 4.74 Å². The SMILES string of the molecule is CCC(C)(OC)c1ncc(CNC2CC2)cn1. The maximum absolute atomic E-state index is 5.48. The minimum atomic E-state index is -0.373. The Morgan fingerprint density at radius 3 is 2.53 bits per heavy atom. The van der Waals surface area contributed by atoms with Crippen LogP contribution in [0.5, 0.6) is 0 Å². The Bertz CT molecular complexity index is 355. The molecule has 0 radical (unpaired) electrons. The number of hydrogen-bond acceptors (Lipinski definition) is 4. The van der Waals surface area contributed by atoms with E-state index in [1.54, 1.807) is 7.11 Å². The Labute approximate surface area is 103 Å². The van der Waals surface area contributed by atoms with Crippen LogP contribution in [0.1, 0.15) is 44.5 Å². The largest absolute Gasteiger partial charge is 0.371 e. The van der Waals surface area contributed by atoms with E-state index in [-0.39, 0.29) is 5.60 Å². The smallest absolute Gasteiger partial charge is 0.159 e. The molecule has 94 valence electrons. The first-order valence-electron chi connectivity index (χ1n) is 6.28. The summed E-state index contributed by atoms with van der Waals surface area (Å²) in [5.74, 6) is 0.762. The zero-order chi connectivity index (χ0) is 12.3. The van der Waals surface area contributed by atoms with Gasteiger partial charge in [0.05, 0.1) is 0 Å². The van der Waals surface area contributed by atoms with Crippen LogP contribution in [0.15, 0.2) is 12.4 Å². The lowest BCUT2D eigenvalue weighted by molar-refractivity contribution is -0.00903. The molecule has 4 heteroatoms. The van der Waals surface area contributed by atoms with Gasteiger partial charge < -0.3 is 10.1 Å². The minimum absolute atomic E-state index is 0.373. The second-order valence-corrected chi connectivity index (χ2v) is 4.86. The second-order valence-electron chi connectivity index (χ2n) is 4.86. The van der Waals surface area contributed by atoms with Gasteiger partial charge in [-0.1, -0.05) is 6.92 Å². The average molecular weight is 235 g/mol. The number of ether oxygens (including phenoxy) is 1. The van der Waals surface area contributed by atoms with Gasteiger partial charge in [0.25, 0.3) is 0 Å². The Balaban J connectivity index is 2.00. The van der Waals surface area contributed by atoms with Gasteiger partial charge in [0.15, 0.2) is 5.82 Å². The van der Waals surface area contributed by atoms with Crippen LogP contribution >= 0.6 is 0 Å². The monoisotopic (exact) mass is 235 g/mol. The third-order valence-corrected chi connectivity index (χ3v) is 3.48. The molecule has 17 heavy (non-hydrogen) atoms. The van der Waals surface area contributed by atoms with Gasteiger partial charge in [-0.3, -0.25) is 0 Å². The molecule has 4 nitrogen and oxygen atoms in total. The fourth-order valence-corrected chi connectivity index (χ4v) is 1.66. The Hall–Kier alpha value is -1.00. The number of hydrogen-bond donors (Lipinski definition) is 1. The molecular weight excluding hydrogens is 214 g/mol. The maximum Gasteiger partial charge on any atom is 0.159 e. The third kappa shape index (κ3) is 3.01. The van der Waals surface area contributed by atoms with Gasteiger partial charge in [-0.2, -0.15) is 0 Å². The minimum Gasteiger partial charge on any atom is -0.371 e. The van der Waals surface area contributed by atoms with Crippen LogP contribution in [-0.4, -0.2) is 23.1 Å². The highest BCUT2D eigenvalue weighted by Gasteiger charge is 2.27. The molecule has 0 aromatic carbocycles. The Morgan fingerprint density at radius 1 is 1.41 bits per heavy atom. The standard InChI is InChI=1S/C13H21N3O/c1-4-13(2,17-3)12-15-8-10(9-16-12)7-14-11-5-6-11/h8-9,11,14H,4-7H2,1-3H3. The molecule has 1 aromatic heterocycles. The summed E-state index contributed by atoms with van der Waals surface area (Å²) >= 11 is 0. The number of rotatable bonds is 6. The number of methoxy groups -OCH3 is 1. The lowest BCUT2D eigenvalue weighted by atomic mass is 10.0. The van der Waals surface area contributed by atoms with Crippen LogP contribution in [0.3, 0.4) is 0 Å². The van der Waals surface area contributed by atoms with Crippen molar-refractivity contribution in [3.8, 4) is 0 Å². The molecule has 1 atom stereocenters. The fraction of sp³-hybridized carbons (Fsp3) is 0.692. The summed E-state index contributed by atoms with van der Waals surface area (Å²) in [6.07, 6.45) is 7.26. The molecule has 1 heterocycles. The van der Waals surface area contributed by atoms with Crippen LogP contribution in [0, 0.1) is 0 Å². The lowest BCUT2D eigenvalue weighted by Crippen LogP contribution is -2.26. The molecule has 1 saturated carbocycles. The fourth-order valence-electron chi connectivity index (χ4n) is 1.66. The van der Waals surface area contributed by atoms with Crippen LogP contribution in [0.4, 0.5) is 0 Å².